The molecule has 0 spiro atoms. The number of methoxy groups -OCH3 is 1. The van der Waals surface area contributed by atoms with Gasteiger partial charge in [-0.15, -0.1) is 11.8 Å². The van der Waals surface area contributed by atoms with Gasteiger partial charge in [-0.3, -0.25) is 9.78 Å². The number of benzene rings is 1. The van der Waals surface area contributed by atoms with Crippen molar-refractivity contribution in [2.75, 3.05) is 19.4 Å². The third kappa shape index (κ3) is 10.4. The minimum absolute atomic E-state index is 0.0531. The minimum Gasteiger partial charge on any atom is -0.497 e. The smallest absolute Gasteiger partial charge is 0.243 e. The monoisotopic (exact) mass is 438 g/mol. The van der Waals surface area contributed by atoms with Crippen LogP contribution in [0, 0.1) is 0 Å². The van der Waals surface area contributed by atoms with Gasteiger partial charge in [0.2, 0.25) is 5.91 Å². The molecule has 1 aromatic carbocycles. The van der Waals surface area contributed by atoms with Crippen molar-refractivity contribution in [3.63, 3.8) is 0 Å². The maximum atomic E-state index is 12.1. The summed E-state index contributed by atoms with van der Waals surface area (Å²) in [6, 6.07) is 12.1. The molecule has 1 amide bonds. The summed E-state index contributed by atoms with van der Waals surface area (Å²) in [4.78, 5) is 17.4. The van der Waals surface area contributed by atoms with Gasteiger partial charge in [-0.2, -0.15) is 0 Å². The number of rotatable bonds is 14. The number of unbranched alkanes of at least 4 members (excludes halogenated alkanes) is 3. The first-order valence-corrected chi connectivity index (χ1v) is 12.0. The number of aromatic nitrogens is 1. The summed E-state index contributed by atoms with van der Waals surface area (Å²) in [6.07, 6.45) is 16.0. The van der Waals surface area contributed by atoms with Crippen LogP contribution < -0.4 is 10.1 Å². The maximum Gasteiger partial charge on any atom is 0.243 e. The molecule has 4 nitrogen and oxygen atoms in total. The zero-order valence-corrected chi connectivity index (χ0v) is 19.5. The zero-order chi connectivity index (χ0) is 22.2. The van der Waals surface area contributed by atoms with Crippen LogP contribution in [0.1, 0.15) is 51.0 Å². The van der Waals surface area contributed by atoms with E-state index < -0.39 is 0 Å². The predicted molar refractivity (Wildman–Crippen MR) is 131 cm³/mol. The summed E-state index contributed by atoms with van der Waals surface area (Å²) in [7, 11) is 1.68. The Morgan fingerprint density at radius 2 is 1.97 bits per heavy atom. The van der Waals surface area contributed by atoms with Gasteiger partial charge in [0.1, 0.15) is 5.75 Å². The lowest BCUT2D eigenvalue weighted by atomic mass is 9.98. The quantitative estimate of drug-likeness (QED) is 0.163. The molecule has 0 bridgehead atoms. The number of nitrogens with zero attached hydrogens (tertiary/aromatic N) is 1. The molecule has 31 heavy (non-hydrogen) atoms. The molecule has 0 aliphatic rings. The molecule has 0 saturated carbocycles. The minimum atomic E-state index is -0.0531. The second-order valence-corrected chi connectivity index (χ2v) is 8.44. The van der Waals surface area contributed by atoms with Crippen LogP contribution >= 0.6 is 11.8 Å². The topological polar surface area (TPSA) is 51.2 Å². The van der Waals surface area contributed by atoms with Gasteiger partial charge in [0.25, 0.3) is 0 Å². The fourth-order valence-electron chi connectivity index (χ4n) is 3.09. The largest absolute Gasteiger partial charge is 0.497 e. The molecule has 0 fully saturated rings. The average molecular weight is 439 g/mol. The first kappa shape index (κ1) is 24.7. The molecular weight excluding hydrogens is 404 g/mol. The molecule has 5 heteroatoms. The van der Waals surface area contributed by atoms with Crippen molar-refractivity contribution in [3.8, 4) is 5.75 Å². The van der Waals surface area contributed by atoms with Gasteiger partial charge in [0.15, 0.2) is 0 Å². The van der Waals surface area contributed by atoms with Crippen LogP contribution in [-0.4, -0.2) is 30.3 Å². The first-order valence-electron chi connectivity index (χ1n) is 11.0. The lowest BCUT2D eigenvalue weighted by Gasteiger charge is -2.08. The molecule has 0 unspecified atom stereocenters. The normalized spacial score (nSPS) is 11.6. The number of hydrogen-bond donors (Lipinski definition) is 1. The molecule has 0 atom stereocenters. The number of carbonyl (C=O) groups excluding carboxylic acids is 1. The molecule has 0 aliphatic carbocycles. The summed E-state index contributed by atoms with van der Waals surface area (Å²) in [5.41, 5.74) is 2.42. The van der Waals surface area contributed by atoms with E-state index in [9.17, 15) is 4.79 Å². The van der Waals surface area contributed by atoms with E-state index in [0.29, 0.717) is 6.54 Å². The van der Waals surface area contributed by atoms with E-state index in [2.05, 4.69) is 35.4 Å². The number of hydrogen-bond acceptors (Lipinski definition) is 4. The van der Waals surface area contributed by atoms with Gasteiger partial charge >= 0.3 is 0 Å². The Kier molecular flexibility index (Phi) is 12.2. The van der Waals surface area contributed by atoms with Gasteiger partial charge in [0, 0.05) is 29.9 Å². The van der Waals surface area contributed by atoms with E-state index in [1.807, 2.05) is 36.5 Å². The Morgan fingerprint density at radius 1 is 1.13 bits per heavy atom. The summed E-state index contributed by atoms with van der Waals surface area (Å²) < 4.78 is 5.26. The SMILES string of the molecule is CCCCCCC(=CC=CC(=O)NCCCSc1cccnc1)c1ccc(OC)cc1. The third-order valence-corrected chi connectivity index (χ3v) is 5.90. The number of pyridine rings is 1. The van der Waals surface area contributed by atoms with Crippen molar-refractivity contribution < 1.29 is 9.53 Å². The summed E-state index contributed by atoms with van der Waals surface area (Å²) in [5, 5.41) is 2.96. The van der Waals surface area contributed by atoms with Gasteiger partial charge in [-0.25, -0.2) is 0 Å². The van der Waals surface area contributed by atoms with Crippen molar-refractivity contribution in [1.82, 2.24) is 10.3 Å². The Labute approximate surface area is 191 Å². The average Bonchev–Trinajstić information content (AvgIpc) is 2.81. The highest BCUT2D eigenvalue weighted by Crippen LogP contribution is 2.24. The van der Waals surface area contributed by atoms with E-state index in [-0.39, 0.29) is 5.91 Å². The van der Waals surface area contributed by atoms with Crippen LogP contribution in [0.2, 0.25) is 0 Å². The third-order valence-electron chi connectivity index (χ3n) is 4.83. The van der Waals surface area contributed by atoms with Crippen molar-refractivity contribution in [2.24, 2.45) is 0 Å². The second-order valence-electron chi connectivity index (χ2n) is 7.27. The molecule has 0 saturated heterocycles. The lowest BCUT2D eigenvalue weighted by molar-refractivity contribution is -0.116. The summed E-state index contributed by atoms with van der Waals surface area (Å²) in [5.74, 6) is 1.75. The van der Waals surface area contributed by atoms with Crippen LogP contribution in [0.5, 0.6) is 5.75 Å². The molecule has 2 aromatic rings. The van der Waals surface area contributed by atoms with E-state index in [0.717, 1.165) is 35.7 Å². The number of amides is 1. The number of carbonyl (C=O) groups is 1. The number of nitrogens with one attached hydrogen (secondary N) is 1. The molecule has 0 radical (unpaired) electrons. The Bertz CT molecular complexity index is 817. The van der Waals surface area contributed by atoms with Crippen LogP contribution in [0.25, 0.3) is 5.57 Å². The van der Waals surface area contributed by atoms with Gasteiger partial charge in [0.05, 0.1) is 7.11 Å². The molecule has 1 heterocycles. The van der Waals surface area contributed by atoms with E-state index in [1.54, 1.807) is 31.1 Å². The zero-order valence-electron chi connectivity index (χ0n) is 18.7. The van der Waals surface area contributed by atoms with Gasteiger partial charge < -0.3 is 10.1 Å². The van der Waals surface area contributed by atoms with Crippen LogP contribution in [-0.2, 0) is 4.79 Å². The fourth-order valence-corrected chi connectivity index (χ4v) is 3.92. The molecule has 0 aliphatic heterocycles. The van der Waals surface area contributed by atoms with Crippen molar-refractivity contribution in [1.29, 1.82) is 0 Å². The molecule has 1 aromatic heterocycles. The highest BCUT2D eigenvalue weighted by Gasteiger charge is 2.02. The Morgan fingerprint density at radius 3 is 2.68 bits per heavy atom. The van der Waals surface area contributed by atoms with Crippen LogP contribution in [0.4, 0.5) is 0 Å². The van der Waals surface area contributed by atoms with Gasteiger partial charge in [-0.05, 0) is 60.4 Å². The van der Waals surface area contributed by atoms with Crippen LogP contribution in [0.15, 0.2) is 71.9 Å². The lowest BCUT2D eigenvalue weighted by Crippen LogP contribution is -2.22. The maximum absolute atomic E-state index is 12.1. The molecule has 1 N–H and O–H groups in total. The number of thioether (sulfide) groups is 1. The van der Waals surface area contributed by atoms with Crippen molar-refractivity contribution in [2.45, 2.75) is 50.3 Å². The number of allylic oxidation sites excluding steroid dienone is 3. The highest BCUT2D eigenvalue weighted by atomic mass is 32.2. The predicted octanol–water partition coefficient (Wildman–Crippen LogP) is 6.30. The Hall–Kier alpha value is -2.53. The highest BCUT2D eigenvalue weighted by molar-refractivity contribution is 7.99. The van der Waals surface area contributed by atoms with Crippen LogP contribution in [0.3, 0.4) is 0 Å². The molecular formula is C26H34N2O2S. The second kappa shape index (κ2) is 15.3. The summed E-state index contributed by atoms with van der Waals surface area (Å²) >= 11 is 1.75. The summed E-state index contributed by atoms with van der Waals surface area (Å²) in [6.45, 7) is 2.89. The standard InChI is InChI=1S/C26H34N2O2S/c1-3-4-5-6-10-22(23-14-16-24(30-2)17-15-23)11-7-13-26(29)28-19-9-20-31-25-12-8-18-27-21-25/h7-8,11-18,21H,3-6,9-10,19-20H2,1-2H3,(H,28,29). The van der Waals surface area contributed by atoms with Crippen molar-refractivity contribution in [3.05, 3.63) is 72.6 Å². The van der Waals surface area contributed by atoms with Gasteiger partial charge in [-0.1, -0.05) is 50.5 Å². The molecule has 2 rings (SSSR count). The first-order chi connectivity index (χ1) is 15.2. The van der Waals surface area contributed by atoms with E-state index >= 15 is 0 Å². The number of ether oxygens (including phenoxy) is 1. The fraction of sp³-hybridized carbons (Fsp3) is 0.385. The Balaban J connectivity index is 1.81. The van der Waals surface area contributed by atoms with E-state index in [1.165, 1.54) is 30.4 Å². The van der Waals surface area contributed by atoms with E-state index in [4.69, 9.17) is 4.74 Å². The van der Waals surface area contributed by atoms with Crippen molar-refractivity contribution >= 4 is 23.2 Å². The molecule has 166 valence electrons.